The van der Waals surface area contributed by atoms with Crippen LogP contribution in [-0.4, -0.2) is 74.1 Å². The van der Waals surface area contributed by atoms with Crippen molar-refractivity contribution in [3.05, 3.63) is 40.5 Å². The highest BCUT2D eigenvalue weighted by Gasteiger charge is 2.29. The number of hydrogen-bond donors (Lipinski definition) is 3. The van der Waals surface area contributed by atoms with E-state index < -0.39 is 21.7 Å². The van der Waals surface area contributed by atoms with Crippen LogP contribution < -0.4 is 4.72 Å². The Kier molecular flexibility index (Phi) is 12.8. The molecule has 2 rings (SSSR count). The van der Waals surface area contributed by atoms with Gasteiger partial charge in [-0.2, -0.15) is 0 Å². The second-order valence-electron chi connectivity index (χ2n) is 10.7. The zero-order valence-corrected chi connectivity index (χ0v) is 24.7. The number of likely N-dealkylation sites (N-methyl/N-ethyl adjacent to an activating group) is 1. The van der Waals surface area contributed by atoms with Gasteiger partial charge in [0, 0.05) is 44.7 Å². The number of amides is 1. The van der Waals surface area contributed by atoms with Gasteiger partial charge in [0.25, 0.3) is 10.0 Å². The van der Waals surface area contributed by atoms with Gasteiger partial charge < -0.3 is 20.0 Å². The van der Waals surface area contributed by atoms with E-state index in [1.54, 1.807) is 0 Å². The summed E-state index contributed by atoms with van der Waals surface area (Å²) in [5.41, 5.74) is 2.79. The van der Waals surface area contributed by atoms with Gasteiger partial charge in [-0.05, 0) is 71.6 Å². The quantitative estimate of drug-likeness (QED) is 0.231. The van der Waals surface area contributed by atoms with E-state index in [2.05, 4.69) is 27.6 Å². The Morgan fingerprint density at radius 2 is 1.74 bits per heavy atom. The molecule has 214 valence electrons. The Balaban J connectivity index is 2.26. The summed E-state index contributed by atoms with van der Waals surface area (Å²) in [7, 11) is -2.29. The van der Waals surface area contributed by atoms with Gasteiger partial charge in [-0.3, -0.25) is 4.79 Å². The summed E-state index contributed by atoms with van der Waals surface area (Å²) in [6, 6.07) is 1.43. The fourth-order valence-electron chi connectivity index (χ4n) is 4.53. The summed E-state index contributed by atoms with van der Waals surface area (Å²) < 4.78 is 29.0. The Morgan fingerprint density at radius 3 is 2.37 bits per heavy atom. The lowest BCUT2D eigenvalue weighted by molar-refractivity contribution is -0.119. The Labute approximate surface area is 229 Å². The number of aryl methyl sites for hydroxylation is 1. The molecule has 0 spiro atoms. The molecule has 1 saturated heterocycles. The van der Waals surface area contributed by atoms with Crippen molar-refractivity contribution in [1.82, 2.24) is 14.5 Å². The number of aromatic hydroxyl groups is 2. The van der Waals surface area contributed by atoms with Crippen LogP contribution in [0.15, 0.2) is 34.3 Å². The van der Waals surface area contributed by atoms with Crippen LogP contribution in [0.2, 0.25) is 0 Å². The minimum atomic E-state index is -4.34. The third-order valence-corrected chi connectivity index (χ3v) is 8.47. The Morgan fingerprint density at radius 1 is 1.05 bits per heavy atom. The predicted molar refractivity (Wildman–Crippen MR) is 153 cm³/mol. The van der Waals surface area contributed by atoms with E-state index in [0.29, 0.717) is 24.9 Å². The van der Waals surface area contributed by atoms with Crippen LogP contribution in [0.5, 0.6) is 11.5 Å². The summed E-state index contributed by atoms with van der Waals surface area (Å²) in [6.45, 7) is 12.1. The number of piperazine rings is 1. The van der Waals surface area contributed by atoms with Crippen molar-refractivity contribution >= 4 is 15.9 Å². The first-order chi connectivity index (χ1) is 17.9. The third kappa shape index (κ3) is 10.1. The van der Waals surface area contributed by atoms with Crippen LogP contribution in [0.3, 0.4) is 0 Å². The lowest BCUT2D eigenvalue weighted by atomic mass is 10.00. The molecule has 0 unspecified atom stereocenters. The van der Waals surface area contributed by atoms with Gasteiger partial charge in [-0.25, -0.2) is 13.1 Å². The molecule has 1 aromatic rings. The molecule has 8 nitrogen and oxygen atoms in total. The minimum absolute atomic E-state index is 0.0490. The number of unbranched alkanes of at least 4 members (excludes halogenated alkanes) is 2. The van der Waals surface area contributed by atoms with Gasteiger partial charge in [0.1, 0.15) is 16.4 Å². The zero-order valence-electron chi connectivity index (χ0n) is 23.8. The summed E-state index contributed by atoms with van der Waals surface area (Å²) in [6.07, 6.45) is 8.90. The number of phenolic OH excluding ortho intramolecular Hbond substituents is 2. The van der Waals surface area contributed by atoms with Crippen molar-refractivity contribution in [2.75, 3.05) is 39.8 Å². The second kappa shape index (κ2) is 15.3. The highest BCUT2D eigenvalue weighted by molar-refractivity contribution is 7.90. The number of sulfonamides is 1. The van der Waals surface area contributed by atoms with Crippen molar-refractivity contribution in [3.8, 4) is 11.5 Å². The molecule has 1 aliphatic heterocycles. The van der Waals surface area contributed by atoms with Crippen molar-refractivity contribution in [1.29, 1.82) is 0 Å². The summed E-state index contributed by atoms with van der Waals surface area (Å²) in [4.78, 5) is 16.7. The lowest BCUT2D eigenvalue weighted by Gasteiger charge is -2.32. The molecule has 0 aliphatic carbocycles. The summed E-state index contributed by atoms with van der Waals surface area (Å²) in [5.74, 6) is -1.22. The fourth-order valence-corrected chi connectivity index (χ4v) is 5.92. The van der Waals surface area contributed by atoms with Crippen molar-refractivity contribution in [2.45, 2.75) is 84.0 Å². The average molecular weight is 550 g/mol. The molecule has 1 aromatic carbocycles. The van der Waals surface area contributed by atoms with Crippen LogP contribution in [0.4, 0.5) is 0 Å². The fraction of sp³-hybridized carbons (Fsp3) is 0.621. The normalized spacial score (nSPS) is 15.4. The molecule has 9 heteroatoms. The van der Waals surface area contributed by atoms with E-state index in [1.807, 2.05) is 33.8 Å². The first kappa shape index (κ1) is 31.9. The van der Waals surface area contributed by atoms with Gasteiger partial charge >= 0.3 is 0 Å². The average Bonchev–Trinajstić information content (AvgIpc) is 2.82. The molecule has 0 aromatic heterocycles. The standard InChI is InChI=1S/C29H47N3O5S/c1-6-7-8-12-24-21-26(33)25(14-13-23(4)11-9-10-22(2)3)28(35)29(24)38(36,37)30-27(34)15-16-32-19-17-31(5)18-20-32/h10,13,21,33,35H,6-9,11-12,14-20H2,1-5H3,(H,30,34)/b23-13+. The molecule has 38 heavy (non-hydrogen) atoms. The maximum absolute atomic E-state index is 13.4. The molecule has 1 heterocycles. The van der Waals surface area contributed by atoms with Crippen LogP contribution >= 0.6 is 0 Å². The first-order valence-electron chi connectivity index (χ1n) is 13.8. The van der Waals surface area contributed by atoms with E-state index >= 15 is 0 Å². The van der Waals surface area contributed by atoms with E-state index in [1.165, 1.54) is 11.6 Å². The Bertz CT molecular complexity index is 1100. The van der Waals surface area contributed by atoms with Crippen LogP contribution in [0, 0.1) is 0 Å². The molecule has 1 amide bonds. The predicted octanol–water partition coefficient (Wildman–Crippen LogP) is 4.51. The van der Waals surface area contributed by atoms with E-state index in [0.717, 1.165) is 57.4 Å². The number of nitrogens with zero attached hydrogens (tertiary/aromatic N) is 2. The molecule has 0 atom stereocenters. The number of rotatable bonds is 14. The maximum atomic E-state index is 13.4. The Hall–Kier alpha value is -2.36. The van der Waals surface area contributed by atoms with E-state index in [-0.39, 0.29) is 29.1 Å². The van der Waals surface area contributed by atoms with Gasteiger partial charge in [0.05, 0.1) is 0 Å². The number of allylic oxidation sites excluding steroid dienone is 4. The number of nitrogens with one attached hydrogen (secondary N) is 1. The third-order valence-electron chi connectivity index (χ3n) is 6.98. The van der Waals surface area contributed by atoms with Gasteiger partial charge in [0.15, 0.2) is 0 Å². The zero-order chi connectivity index (χ0) is 28.3. The topological polar surface area (TPSA) is 110 Å². The molecular weight excluding hydrogens is 502 g/mol. The first-order valence-corrected chi connectivity index (χ1v) is 15.2. The number of benzene rings is 1. The van der Waals surface area contributed by atoms with E-state index in [4.69, 9.17) is 0 Å². The molecule has 0 bridgehead atoms. The van der Waals surface area contributed by atoms with Crippen LogP contribution in [-0.2, 0) is 27.7 Å². The smallest absolute Gasteiger partial charge is 0.268 e. The monoisotopic (exact) mass is 549 g/mol. The number of hydrogen-bond acceptors (Lipinski definition) is 7. The van der Waals surface area contributed by atoms with Gasteiger partial charge in [-0.1, -0.05) is 43.1 Å². The van der Waals surface area contributed by atoms with Crippen molar-refractivity contribution in [3.63, 3.8) is 0 Å². The number of phenols is 2. The minimum Gasteiger partial charge on any atom is -0.508 e. The van der Waals surface area contributed by atoms with Gasteiger partial charge in [0.2, 0.25) is 5.91 Å². The number of carbonyl (C=O) groups excluding carboxylic acids is 1. The molecule has 1 fully saturated rings. The van der Waals surface area contributed by atoms with Crippen LogP contribution in [0.25, 0.3) is 0 Å². The highest BCUT2D eigenvalue weighted by Crippen LogP contribution is 2.38. The lowest BCUT2D eigenvalue weighted by Crippen LogP contribution is -2.45. The molecular formula is C29H47N3O5S. The van der Waals surface area contributed by atoms with Crippen LogP contribution in [0.1, 0.15) is 77.3 Å². The SMILES string of the molecule is CCCCCc1cc(O)c(C/C=C(\C)CCC=C(C)C)c(O)c1S(=O)(=O)NC(=O)CCN1CCN(C)CC1. The summed E-state index contributed by atoms with van der Waals surface area (Å²) in [5, 5.41) is 21.9. The summed E-state index contributed by atoms with van der Waals surface area (Å²) >= 11 is 0. The van der Waals surface area contributed by atoms with Gasteiger partial charge in [-0.15, -0.1) is 0 Å². The molecule has 0 radical (unpaired) electrons. The second-order valence-corrected chi connectivity index (χ2v) is 12.3. The molecule has 1 aliphatic rings. The van der Waals surface area contributed by atoms with Crippen molar-refractivity contribution in [2.24, 2.45) is 0 Å². The van der Waals surface area contributed by atoms with E-state index in [9.17, 15) is 23.4 Å². The highest BCUT2D eigenvalue weighted by atomic mass is 32.2. The largest absolute Gasteiger partial charge is 0.508 e. The molecule has 3 N–H and O–H groups in total. The molecule has 0 saturated carbocycles. The number of carbonyl (C=O) groups is 1. The maximum Gasteiger partial charge on any atom is 0.268 e. The van der Waals surface area contributed by atoms with Crippen molar-refractivity contribution < 1.29 is 23.4 Å².